The minimum absolute atomic E-state index is 0.122. The monoisotopic (exact) mass is 300 g/mol. The molecule has 1 heterocycles. The van der Waals surface area contributed by atoms with Crippen LogP contribution in [0, 0.1) is 0 Å². The molecule has 1 aliphatic rings. The summed E-state index contributed by atoms with van der Waals surface area (Å²) in [5.41, 5.74) is 0.393. The molecule has 0 bridgehead atoms. The average Bonchev–Trinajstić information content (AvgIpc) is 2.39. The molecule has 5 heteroatoms. The fraction of sp³-hybridized carbons (Fsp3) is 0.500. The lowest BCUT2D eigenvalue weighted by molar-refractivity contribution is 0.0775. The normalized spacial score (nSPS) is 19.2. The van der Waals surface area contributed by atoms with Crippen LogP contribution in [0.2, 0.25) is 10.0 Å². The van der Waals surface area contributed by atoms with Gasteiger partial charge in [0.2, 0.25) is 0 Å². The summed E-state index contributed by atoms with van der Waals surface area (Å²) in [6.07, 6.45) is 3.53. The van der Waals surface area contributed by atoms with Crippen LogP contribution < -0.4 is 5.32 Å². The van der Waals surface area contributed by atoms with Gasteiger partial charge in [0.15, 0.2) is 0 Å². The second-order valence-corrected chi connectivity index (χ2v) is 5.74. The molecule has 104 valence electrons. The molecular formula is C14H18Cl2N2O. The highest BCUT2D eigenvalue weighted by Gasteiger charge is 2.22. The van der Waals surface area contributed by atoms with E-state index in [-0.39, 0.29) is 5.91 Å². The Morgan fingerprint density at radius 3 is 2.63 bits per heavy atom. The zero-order valence-corrected chi connectivity index (χ0v) is 12.5. The summed E-state index contributed by atoms with van der Waals surface area (Å²) in [7, 11) is 1.79. The molecule has 0 aliphatic carbocycles. The highest BCUT2D eigenvalue weighted by Crippen LogP contribution is 2.25. The Morgan fingerprint density at radius 1 is 1.37 bits per heavy atom. The van der Waals surface area contributed by atoms with E-state index in [0.717, 1.165) is 13.0 Å². The first kappa shape index (κ1) is 14.6. The van der Waals surface area contributed by atoms with Crippen LogP contribution in [0.3, 0.4) is 0 Å². The number of amides is 1. The van der Waals surface area contributed by atoms with Gasteiger partial charge in [0.05, 0.1) is 15.6 Å². The summed E-state index contributed by atoms with van der Waals surface area (Å²) in [4.78, 5) is 14.1. The summed E-state index contributed by atoms with van der Waals surface area (Å²) < 4.78 is 0. The van der Waals surface area contributed by atoms with Crippen molar-refractivity contribution in [3.8, 4) is 0 Å². The van der Waals surface area contributed by atoms with Crippen molar-refractivity contribution in [3.63, 3.8) is 0 Å². The molecule has 0 aromatic heterocycles. The Morgan fingerprint density at radius 2 is 2.05 bits per heavy atom. The molecule has 3 nitrogen and oxygen atoms in total. The topological polar surface area (TPSA) is 32.3 Å². The van der Waals surface area contributed by atoms with Gasteiger partial charge < -0.3 is 10.2 Å². The lowest BCUT2D eigenvalue weighted by atomic mass is 10.0. The van der Waals surface area contributed by atoms with Gasteiger partial charge >= 0.3 is 0 Å². The summed E-state index contributed by atoms with van der Waals surface area (Å²) >= 11 is 12.1. The van der Waals surface area contributed by atoms with Crippen LogP contribution in [-0.2, 0) is 0 Å². The molecule has 0 radical (unpaired) electrons. The lowest BCUT2D eigenvalue weighted by Gasteiger charge is -2.28. The smallest absolute Gasteiger partial charge is 0.256 e. The Hall–Kier alpha value is -0.770. The molecule has 1 atom stereocenters. The van der Waals surface area contributed by atoms with Gasteiger partial charge in [0.1, 0.15) is 0 Å². The summed E-state index contributed by atoms with van der Waals surface area (Å²) in [6, 6.07) is 5.48. The predicted octanol–water partition coefficient (Wildman–Crippen LogP) is 3.21. The molecule has 1 aliphatic heterocycles. The van der Waals surface area contributed by atoms with E-state index >= 15 is 0 Å². The number of halogens is 2. The molecule has 1 amide bonds. The average molecular weight is 301 g/mol. The Kier molecular flexibility index (Phi) is 5.08. The van der Waals surface area contributed by atoms with E-state index in [1.807, 2.05) is 0 Å². The van der Waals surface area contributed by atoms with Crippen molar-refractivity contribution in [2.45, 2.75) is 25.3 Å². The quantitative estimate of drug-likeness (QED) is 0.930. The van der Waals surface area contributed by atoms with E-state index in [1.165, 1.54) is 12.8 Å². The number of nitrogens with zero attached hydrogens (tertiary/aromatic N) is 1. The van der Waals surface area contributed by atoms with Crippen molar-refractivity contribution < 1.29 is 4.79 Å². The van der Waals surface area contributed by atoms with E-state index in [4.69, 9.17) is 23.2 Å². The number of carbonyl (C=O) groups excluding carboxylic acids is 1. The molecule has 1 fully saturated rings. The zero-order valence-electron chi connectivity index (χ0n) is 11.0. The van der Waals surface area contributed by atoms with Gasteiger partial charge in [0.25, 0.3) is 5.91 Å². The van der Waals surface area contributed by atoms with Crippen LogP contribution in [0.15, 0.2) is 18.2 Å². The van der Waals surface area contributed by atoms with Crippen molar-refractivity contribution in [3.05, 3.63) is 33.8 Å². The fourth-order valence-electron chi connectivity index (χ4n) is 2.39. The maximum absolute atomic E-state index is 12.4. The number of piperidine rings is 1. The summed E-state index contributed by atoms with van der Waals surface area (Å²) in [5, 5.41) is 4.23. The Balaban J connectivity index is 2.06. The number of likely N-dealkylation sites (N-methyl/N-ethyl adjacent to an activating group) is 1. The van der Waals surface area contributed by atoms with E-state index in [9.17, 15) is 4.79 Å². The lowest BCUT2D eigenvalue weighted by Crippen LogP contribution is -2.44. The number of carbonyl (C=O) groups is 1. The minimum atomic E-state index is -0.122. The molecular weight excluding hydrogens is 283 g/mol. The maximum atomic E-state index is 12.4. The number of benzene rings is 1. The molecule has 1 unspecified atom stereocenters. The fourth-order valence-corrected chi connectivity index (χ4v) is 2.95. The van der Waals surface area contributed by atoms with Gasteiger partial charge in [-0.05, 0) is 31.5 Å². The number of hydrogen-bond donors (Lipinski definition) is 1. The first-order chi connectivity index (χ1) is 9.09. The van der Waals surface area contributed by atoms with E-state index in [1.54, 1.807) is 30.1 Å². The third kappa shape index (κ3) is 3.62. The van der Waals surface area contributed by atoms with Crippen LogP contribution in [0.4, 0.5) is 0 Å². The molecule has 0 spiro atoms. The van der Waals surface area contributed by atoms with Crippen LogP contribution in [0.1, 0.15) is 29.6 Å². The van der Waals surface area contributed by atoms with E-state index in [0.29, 0.717) is 28.2 Å². The third-order valence-corrected chi connectivity index (χ3v) is 4.06. The van der Waals surface area contributed by atoms with E-state index < -0.39 is 0 Å². The van der Waals surface area contributed by atoms with Gasteiger partial charge in [-0.15, -0.1) is 0 Å². The molecule has 0 saturated carbocycles. The second-order valence-electron chi connectivity index (χ2n) is 4.93. The first-order valence-corrected chi connectivity index (χ1v) is 7.28. The molecule has 1 saturated heterocycles. The van der Waals surface area contributed by atoms with Crippen LogP contribution in [-0.4, -0.2) is 37.0 Å². The van der Waals surface area contributed by atoms with Gasteiger partial charge in [-0.1, -0.05) is 35.7 Å². The third-order valence-electron chi connectivity index (χ3n) is 3.43. The first-order valence-electron chi connectivity index (χ1n) is 6.52. The Labute approximate surface area is 123 Å². The maximum Gasteiger partial charge on any atom is 0.256 e. The van der Waals surface area contributed by atoms with Crippen LogP contribution in [0.5, 0.6) is 0 Å². The van der Waals surface area contributed by atoms with Crippen molar-refractivity contribution in [2.24, 2.45) is 0 Å². The molecule has 1 N–H and O–H groups in total. The second kappa shape index (κ2) is 6.60. The number of nitrogens with one attached hydrogen (secondary N) is 1. The van der Waals surface area contributed by atoms with Gasteiger partial charge in [-0.2, -0.15) is 0 Å². The summed E-state index contributed by atoms with van der Waals surface area (Å²) in [6.45, 7) is 1.71. The van der Waals surface area contributed by atoms with Crippen molar-refractivity contribution in [2.75, 3.05) is 20.1 Å². The molecule has 1 aromatic rings. The largest absolute Gasteiger partial charge is 0.340 e. The number of rotatable bonds is 3. The summed E-state index contributed by atoms with van der Waals surface area (Å²) in [5.74, 6) is -0.122. The minimum Gasteiger partial charge on any atom is -0.340 e. The molecule has 1 aromatic carbocycles. The molecule has 2 rings (SSSR count). The Bertz CT molecular complexity index is 439. The predicted molar refractivity (Wildman–Crippen MR) is 79.1 cm³/mol. The van der Waals surface area contributed by atoms with Gasteiger partial charge in [0, 0.05) is 19.6 Å². The van der Waals surface area contributed by atoms with Crippen LogP contribution >= 0.6 is 23.2 Å². The highest BCUT2D eigenvalue weighted by atomic mass is 35.5. The zero-order chi connectivity index (χ0) is 13.8. The van der Waals surface area contributed by atoms with Gasteiger partial charge in [-0.25, -0.2) is 0 Å². The highest BCUT2D eigenvalue weighted by molar-refractivity contribution is 6.39. The van der Waals surface area contributed by atoms with Crippen LogP contribution in [0.25, 0.3) is 0 Å². The van der Waals surface area contributed by atoms with Gasteiger partial charge in [-0.3, -0.25) is 4.79 Å². The van der Waals surface area contributed by atoms with Crippen molar-refractivity contribution >= 4 is 29.1 Å². The van der Waals surface area contributed by atoms with Crippen molar-refractivity contribution in [1.82, 2.24) is 10.2 Å². The molecule has 19 heavy (non-hydrogen) atoms. The number of hydrogen-bond acceptors (Lipinski definition) is 2. The van der Waals surface area contributed by atoms with Crippen molar-refractivity contribution in [1.29, 1.82) is 0 Å². The van der Waals surface area contributed by atoms with E-state index in [2.05, 4.69) is 5.32 Å². The SMILES string of the molecule is CN(CC1CCCCN1)C(=O)c1c(Cl)cccc1Cl. The standard InChI is InChI=1S/C14H18Cl2N2O/c1-18(9-10-5-2-3-8-17-10)14(19)13-11(15)6-4-7-12(13)16/h4,6-7,10,17H,2-3,5,8-9H2,1H3.